The molecule has 0 spiro atoms. The van der Waals surface area contributed by atoms with Crippen molar-refractivity contribution in [3.8, 4) is 11.3 Å². The number of nitrogens with one attached hydrogen (secondary N) is 3. The monoisotopic (exact) mass is 476 g/mol. The summed E-state index contributed by atoms with van der Waals surface area (Å²) in [7, 11) is 0. The molecule has 2 aromatic rings. The molecule has 10 heteroatoms. The van der Waals surface area contributed by atoms with Crippen LogP contribution in [0, 0.1) is 17.8 Å². The van der Waals surface area contributed by atoms with E-state index in [1.54, 1.807) is 6.07 Å². The number of aromatic nitrogens is 3. The minimum Gasteiger partial charge on any atom is -0.381 e. The van der Waals surface area contributed by atoms with Gasteiger partial charge in [-0.2, -0.15) is 4.39 Å². The molecular formula is C23H30ClFN6O2. The number of rotatable bonds is 7. The Balaban J connectivity index is 1.45. The van der Waals surface area contributed by atoms with Gasteiger partial charge in [-0.3, -0.25) is 4.79 Å². The normalized spacial score (nSPS) is 21.5. The molecule has 0 radical (unpaired) electrons. The van der Waals surface area contributed by atoms with Crippen molar-refractivity contribution in [1.29, 1.82) is 0 Å². The Bertz CT molecular complexity index is 964. The Morgan fingerprint density at radius 2 is 2.06 bits per heavy atom. The van der Waals surface area contributed by atoms with Crippen LogP contribution in [0.15, 0.2) is 18.5 Å². The predicted molar refractivity (Wildman–Crippen MR) is 126 cm³/mol. The molecular weight excluding hydrogens is 447 g/mol. The zero-order valence-corrected chi connectivity index (χ0v) is 19.5. The first kappa shape index (κ1) is 23.8. The average Bonchev–Trinajstić information content (AvgIpc) is 2.85. The molecule has 0 bridgehead atoms. The Hall–Kier alpha value is -2.36. The van der Waals surface area contributed by atoms with E-state index < -0.39 is 5.95 Å². The zero-order valence-electron chi connectivity index (χ0n) is 18.7. The number of halogens is 2. The van der Waals surface area contributed by atoms with Crippen LogP contribution in [0.25, 0.3) is 11.3 Å². The molecule has 3 N–H and O–H groups in total. The van der Waals surface area contributed by atoms with E-state index in [1.165, 1.54) is 12.4 Å². The highest BCUT2D eigenvalue weighted by Gasteiger charge is 2.25. The third-order valence-corrected chi connectivity index (χ3v) is 6.69. The Kier molecular flexibility index (Phi) is 8.06. The van der Waals surface area contributed by atoms with E-state index in [2.05, 4.69) is 37.8 Å². The highest BCUT2D eigenvalue weighted by Crippen LogP contribution is 2.29. The number of nitrogens with zero attached hydrogens (tertiary/aromatic N) is 3. The lowest BCUT2D eigenvalue weighted by Crippen LogP contribution is -2.43. The van der Waals surface area contributed by atoms with Crippen molar-refractivity contribution in [3.05, 3.63) is 29.4 Å². The van der Waals surface area contributed by atoms with Gasteiger partial charge in [-0.1, -0.05) is 18.5 Å². The minimum absolute atomic E-state index is 0.0798. The molecule has 4 heterocycles. The maximum atomic E-state index is 14.3. The summed E-state index contributed by atoms with van der Waals surface area (Å²) < 4.78 is 19.7. The van der Waals surface area contributed by atoms with E-state index in [4.69, 9.17) is 16.3 Å². The Morgan fingerprint density at radius 3 is 2.79 bits per heavy atom. The van der Waals surface area contributed by atoms with Gasteiger partial charge < -0.3 is 20.7 Å². The first-order valence-corrected chi connectivity index (χ1v) is 12.0. The van der Waals surface area contributed by atoms with E-state index in [1.807, 2.05) is 0 Å². The quantitative estimate of drug-likeness (QED) is 0.557. The molecule has 2 aliphatic heterocycles. The number of piperidine rings is 1. The molecule has 0 saturated carbocycles. The van der Waals surface area contributed by atoms with Crippen molar-refractivity contribution >= 4 is 29.1 Å². The van der Waals surface area contributed by atoms with Crippen LogP contribution in [0.1, 0.15) is 39.0 Å². The fourth-order valence-corrected chi connectivity index (χ4v) is 4.43. The van der Waals surface area contributed by atoms with Crippen LogP contribution in [0.3, 0.4) is 0 Å². The summed E-state index contributed by atoms with van der Waals surface area (Å²) in [6.07, 6.45) is 7.51. The standard InChI is InChI=1S/C23H30ClFN6O2/c1-2-16-4-3-15(11-26-16)23(32)31-20-9-17(18(24)12-27-20)19-13-28-21(25)22(30-19)29-10-14-5-7-33-8-6-14/h9,12-16,26H,2-8,10-11H2,1H3,(H,29,30)(H,27,31,32)/t15-,16-/m1/s1. The van der Waals surface area contributed by atoms with E-state index in [9.17, 15) is 9.18 Å². The Morgan fingerprint density at radius 1 is 1.24 bits per heavy atom. The molecule has 0 unspecified atom stereocenters. The van der Waals surface area contributed by atoms with Crippen molar-refractivity contribution in [1.82, 2.24) is 20.3 Å². The van der Waals surface area contributed by atoms with Gasteiger partial charge in [0, 0.05) is 44.1 Å². The van der Waals surface area contributed by atoms with Crippen LogP contribution in [-0.4, -0.2) is 53.2 Å². The molecule has 8 nitrogen and oxygen atoms in total. The summed E-state index contributed by atoms with van der Waals surface area (Å²) in [6.45, 7) is 4.82. The van der Waals surface area contributed by atoms with Crippen LogP contribution >= 0.6 is 11.6 Å². The van der Waals surface area contributed by atoms with Gasteiger partial charge >= 0.3 is 0 Å². The number of hydrogen-bond acceptors (Lipinski definition) is 7. The van der Waals surface area contributed by atoms with E-state index >= 15 is 0 Å². The largest absolute Gasteiger partial charge is 0.381 e. The molecule has 178 valence electrons. The zero-order chi connectivity index (χ0) is 23.2. The fraction of sp³-hybridized carbons (Fsp3) is 0.565. The van der Waals surface area contributed by atoms with Gasteiger partial charge in [-0.25, -0.2) is 15.0 Å². The van der Waals surface area contributed by atoms with Crippen LogP contribution in [-0.2, 0) is 9.53 Å². The topological polar surface area (TPSA) is 101 Å². The SMILES string of the molecule is CC[C@@H]1CC[C@@H](C(=O)Nc2cc(-c3cnc(F)c(NCC4CCOCC4)n3)c(Cl)cn2)CN1. The molecule has 2 aromatic heterocycles. The summed E-state index contributed by atoms with van der Waals surface area (Å²) >= 11 is 6.36. The van der Waals surface area contributed by atoms with Gasteiger partial charge in [0.2, 0.25) is 5.91 Å². The number of hydrogen-bond donors (Lipinski definition) is 3. The molecule has 33 heavy (non-hydrogen) atoms. The van der Waals surface area contributed by atoms with Gasteiger partial charge in [0.15, 0.2) is 5.82 Å². The smallest absolute Gasteiger partial charge is 0.255 e. The first-order chi connectivity index (χ1) is 16.0. The maximum absolute atomic E-state index is 14.3. The number of carbonyl (C=O) groups is 1. The molecule has 2 saturated heterocycles. The van der Waals surface area contributed by atoms with Gasteiger partial charge in [-0.05, 0) is 44.1 Å². The Labute approximate surface area is 198 Å². The molecule has 2 atom stereocenters. The average molecular weight is 477 g/mol. The van der Waals surface area contributed by atoms with Crippen molar-refractivity contribution in [3.63, 3.8) is 0 Å². The highest BCUT2D eigenvalue weighted by molar-refractivity contribution is 6.33. The van der Waals surface area contributed by atoms with Crippen LogP contribution in [0.4, 0.5) is 16.0 Å². The van der Waals surface area contributed by atoms with Crippen LogP contribution < -0.4 is 16.0 Å². The second kappa shape index (κ2) is 11.2. The van der Waals surface area contributed by atoms with Gasteiger partial charge in [0.05, 0.1) is 22.8 Å². The fourth-order valence-electron chi connectivity index (χ4n) is 4.23. The van der Waals surface area contributed by atoms with Gasteiger partial charge in [0.1, 0.15) is 5.82 Å². The summed E-state index contributed by atoms with van der Waals surface area (Å²) in [5.41, 5.74) is 0.926. The highest BCUT2D eigenvalue weighted by atomic mass is 35.5. The number of pyridine rings is 1. The predicted octanol–water partition coefficient (Wildman–Crippen LogP) is 3.89. The summed E-state index contributed by atoms with van der Waals surface area (Å²) in [5, 5.41) is 9.70. The van der Waals surface area contributed by atoms with E-state index in [0.717, 1.165) is 45.3 Å². The van der Waals surface area contributed by atoms with Crippen molar-refractivity contribution < 1.29 is 13.9 Å². The van der Waals surface area contributed by atoms with Crippen molar-refractivity contribution in [2.75, 3.05) is 36.9 Å². The lowest BCUT2D eigenvalue weighted by Gasteiger charge is -2.28. The van der Waals surface area contributed by atoms with E-state index in [-0.39, 0.29) is 17.6 Å². The first-order valence-electron chi connectivity index (χ1n) is 11.6. The number of amides is 1. The van der Waals surface area contributed by atoms with Crippen LogP contribution in [0.2, 0.25) is 5.02 Å². The van der Waals surface area contributed by atoms with Crippen LogP contribution in [0.5, 0.6) is 0 Å². The number of carbonyl (C=O) groups excluding carboxylic acids is 1. The summed E-state index contributed by atoms with van der Waals surface area (Å²) in [6, 6.07) is 2.12. The number of ether oxygens (including phenoxy) is 1. The number of anilines is 2. The third-order valence-electron chi connectivity index (χ3n) is 6.39. The second-order valence-electron chi connectivity index (χ2n) is 8.66. The summed E-state index contributed by atoms with van der Waals surface area (Å²) in [4.78, 5) is 25.2. The molecule has 0 aromatic carbocycles. The third kappa shape index (κ3) is 6.16. The lowest BCUT2D eigenvalue weighted by atomic mass is 9.93. The molecule has 2 fully saturated rings. The van der Waals surface area contributed by atoms with Crippen molar-refractivity contribution in [2.24, 2.45) is 11.8 Å². The second-order valence-corrected chi connectivity index (χ2v) is 9.06. The maximum Gasteiger partial charge on any atom is 0.255 e. The van der Waals surface area contributed by atoms with Gasteiger partial charge in [0.25, 0.3) is 5.95 Å². The summed E-state index contributed by atoms with van der Waals surface area (Å²) in [5.74, 6) is -0.00486. The molecule has 1 amide bonds. The molecule has 0 aliphatic carbocycles. The van der Waals surface area contributed by atoms with Crippen molar-refractivity contribution in [2.45, 2.75) is 45.1 Å². The van der Waals surface area contributed by atoms with Gasteiger partial charge in [-0.15, -0.1) is 0 Å². The molecule has 2 aliphatic rings. The lowest BCUT2D eigenvalue weighted by molar-refractivity contribution is -0.120. The molecule has 4 rings (SSSR count). The van der Waals surface area contributed by atoms with E-state index in [0.29, 0.717) is 47.1 Å². The minimum atomic E-state index is -0.667.